The Balaban J connectivity index is 1.69. The van der Waals surface area contributed by atoms with Crippen molar-refractivity contribution in [1.82, 2.24) is 19.7 Å². The fourth-order valence-electron chi connectivity index (χ4n) is 3.18. The number of ether oxygens (including phenoxy) is 1. The molecule has 0 saturated carbocycles. The highest BCUT2D eigenvalue weighted by atomic mass is 19.1. The van der Waals surface area contributed by atoms with Crippen molar-refractivity contribution in [2.45, 2.75) is 6.42 Å². The van der Waals surface area contributed by atoms with Gasteiger partial charge in [0.05, 0.1) is 30.8 Å². The molecule has 1 aliphatic heterocycles. The summed E-state index contributed by atoms with van der Waals surface area (Å²) in [4.78, 5) is 20.6. The average Bonchev–Trinajstić information content (AvgIpc) is 3.21. The van der Waals surface area contributed by atoms with Crippen LogP contribution in [0.3, 0.4) is 0 Å². The molecule has 0 aliphatic carbocycles. The van der Waals surface area contributed by atoms with Gasteiger partial charge < -0.3 is 20.7 Å². The highest BCUT2D eigenvalue weighted by Crippen LogP contribution is 2.31. The van der Waals surface area contributed by atoms with Crippen molar-refractivity contribution < 1.29 is 13.9 Å². The number of aryl methyl sites for hydroxylation is 1. The van der Waals surface area contributed by atoms with Crippen LogP contribution in [0, 0.1) is 5.82 Å². The van der Waals surface area contributed by atoms with E-state index in [0.29, 0.717) is 37.1 Å². The molecule has 3 heterocycles. The molecule has 0 spiro atoms. The minimum atomic E-state index is -0.492. The quantitative estimate of drug-likeness (QED) is 0.485. The van der Waals surface area contributed by atoms with Crippen LogP contribution in [0.15, 0.2) is 55.5 Å². The summed E-state index contributed by atoms with van der Waals surface area (Å²) in [7, 11) is 1.81. The van der Waals surface area contributed by atoms with Gasteiger partial charge in [0.1, 0.15) is 11.6 Å². The molecule has 1 amide bonds. The summed E-state index contributed by atoms with van der Waals surface area (Å²) in [6.45, 7) is 4.50. The van der Waals surface area contributed by atoms with Crippen molar-refractivity contribution in [2.24, 2.45) is 7.05 Å². The van der Waals surface area contributed by atoms with Crippen LogP contribution in [-0.4, -0.2) is 38.9 Å². The molecule has 3 aromatic rings. The molecule has 32 heavy (non-hydrogen) atoms. The third-order valence-corrected chi connectivity index (χ3v) is 4.73. The van der Waals surface area contributed by atoms with E-state index in [1.807, 2.05) is 6.08 Å². The summed E-state index contributed by atoms with van der Waals surface area (Å²) in [5.41, 5.74) is 3.05. The van der Waals surface area contributed by atoms with Crippen molar-refractivity contribution >= 4 is 40.3 Å². The lowest BCUT2D eigenvalue weighted by molar-refractivity contribution is -0.111. The van der Waals surface area contributed by atoms with Crippen LogP contribution in [0.2, 0.25) is 0 Å². The molecule has 1 aromatic carbocycles. The molecule has 10 heteroatoms. The number of hydrogen-bond acceptors (Lipinski definition) is 7. The topological polar surface area (TPSA) is 106 Å². The maximum absolute atomic E-state index is 14.6. The summed E-state index contributed by atoms with van der Waals surface area (Å²) >= 11 is 0. The predicted octanol–water partition coefficient (Wildman–Crippen LogP) is 3.76. The maximum Gasteiger partial charge on any atom is 0.247 e. The SMILES string of the molecule is C=CC(=O)Nc1ccc(F)c(Nc2nc(Nc3cnn(C)c3)ncc2C2=CCOCC2)c1. The monoisotopic (exact) mass is 435 g/mol. The number of anilines is 5. The van der Waals surface area contributed by atoms with Gasteiger partial charge in [0.25, 0.3) is 0 Å². The van der Waals surface area contributed by atoms with E-state index in [9.17, 15) is 9.18 Å². The molecule has 0 saturated heterocycles. The molecular weight excluding hydrogens is 413 g/mol. The zero-order chi connectivity index (χ0) is 22.5. The maximum atomic E-state index is 14.6. The molecule has 0 bridgehead atoms. The van der Waals surface area contributed by atoms with Crippen LogP contribution in [-0.2, 0) is 16.6 Å². The molecule has 3 N–H and O–H groups in total. The fourth-order valence-corrected chi connectivity index (χ4v) is 3.18. The second-order valence-electron chi connectivity index (χ2n) is 7.05. The van der Waals surface area contributed by atoms with E-state index in [-0.39, 0.29) is 11.6 Å². The number of benzene rings is 1. The molecule has 0 unspecified atom stereocenters. The molecular formula is C22H22FN7O2. The Labute approximate surface area is 184 Å². The largest absolute Gasteiger partial charge is 0.377 e. The number of halogens is 1. The Hall–Kier alpha value is -4.05. The van der Waals surface area contributed by atoms with Gasteiger partial charge in [-0.15, -0.1) is 0 Å². The predicted molar refractivity (Wildman–Crippen MR) is 120 cm³/mol. The van der Waals surface area contributed by atoms with Crippen LogP contribution >= 0.6 is 0 Å². The van der Waals surface area contributed by atoms with Gasteiger partial charge >= 0.3 is 0 Å². The molecule has 0 radical (unpaired) electrons. The number of nitrogens with one attached hydrogen (secondary N) is 3. The van der Waals surface area contributed by atoms with Crippen LogP contribution in [0.5, 0.6) is 0 Å². The zero-order valence-electron chi connectivity index (χ0n) is 17.4. The Morgan fingerprint density at radius 2 is 2.16 bits per heavy atom. The summed E-state index contributed by atoms with van der Waals surface area (Å²) in [5.74, 6) is -0.131. The zero-order valence-corrected chi connectivity index (χ0v) is 17.4. The first-order valence-electron chi connectivity index (χ1n) is 9.91. The number of aromatic nitrogens is 4. The normalized spacial score (nSPS) is 13.2. The number of rotatable bonds is 7. The molecule has 4 rings (SSSR count). The van der Waals surface area contributed by atoms with Gasteiger partial charge in [0, 0.05) is 30.7 Å². The molecule has 2 aromatic heterocycles. The van der Waals surface area contributed by atoms with Crippen molar-refractivity contribution in [1.29, 1.82) is 0 Å². The Kier molecular flexibility index (Phi) is 6.22. The minimum absolute atomic E-state index is 0.159. The molecule has 0 atom stereocenters. The van der Waals surface area contributed by atoms with Gasteiger partial charge in [-0.2, -0.15) is 10.1 Å². The van der Waals surface area contributed by atoms with Crippen molar-refractivity contribution in [2.75, 3.05) is 29.2 Å². The van der Waals surface area contributed by atoms with Gasteiger partial charge in [-0.1, -0.05) is 12.7 Å². The molecule has 1 aliphatic rings. The number of carbonyl (C=O) groups excluding carboxylic acids is 1. The van der Waals surface area contributed by atoms with Crippen LogP contribution < -0.4 is 16.0 Å². The third kappa shape index (κ3) is 4.98. The Morgan fingerprint density at radius 3 is 2.88 bits per heavy atom. The van der Waals surface area contributed by atoms with E-state index in [2.05, 4.69) is 37.6 Å². The lowest BCUT2D eigenvalue weighted by Crippen LogP contribution is -2.10. The Bertz CT molecular complexity index is 1190. The minimum Gasteiger partial charge on any atom is -0.377 e. The summed E-state index contributed by atoms with van der Waals surface area (Å²) < 4.78 is 21.7. The van der Waals surface area contributed by atoms with E-state index in [1.54, 1.807) is 30.3 Å². The highest BCUT2D eigenvalue weighted by Gasteiger charge is 2.16. The average molecular weight is 435 g/mol. The van der Waals surface area contributed by atoms with E-state index < -0.39 is 5.82 Å². The summed E-state index contributed by atoms with van der Waals surface area (Å²) in [6.07, 6.45) is 8.91. The van der Waals surface area contributed by atoms with Crippen LogP contribution in [0.25, 0.3) is 5.57 Å². The highest BCUT2D eigenvalue weighted by molar-refractivity contribution is 5.99. The van der Waals surface area contributed by atoms with Gasteiger partial charge in [-0.05, 0) is 36.3 Å². The Morgan fingerprint density at radius 1 is 1.28 bits per heavy atom. The van der Waals surface area contributed by atoms with Crippen molar-refractivity contribution in [3.63, 3.8) is 0 Å². The van der Waals surface area contributed by atoms with E-state index in [4.69, 9.17) is 4.74 Å². The second-order valence-corrected chi connectivity index (χ2v) is 7.05. The van der Waals surface area contributed by atoms with Gasteiger partial charge in [0.2, 0.25) is 11.9 Å². The van der Waals surface area contributed by atoms with E-state index in [0.717, 1.165) is 22.9 Å². The smallest absolute Gasteiger partial charge is 0.247 e. The van der Waals surface area contributed by atoms with Crippen molar-refractivity contribution in [3.8, 4) is 0 Å². The number of carbonyl (C=O) groups is 1. The second kappa shape index (κ2) is 9.40. The summed E-state index contributed by atoms with van der Waals surface area (Å²) in [6, 6.07) is 4.23. The molecule has 164 valence electrons. The van der Waals surface area contributed by atoms with Crippen LogP contribution in [0.1, 0.15) is 12.0 Å². The first kappa shape index (κ1) is 21.2. The third-order valence-electron chi connectivity index (χ3n) is 4.73. The van der Waals surface area contributed by atoms with Crippen LogP contribution in [0.4, 0.5) is 33.2 Å². The number of nitrogens with zero attached hydrogens (tertiary/aromatic N) is 4. The fraction of sp³-hybridized carbons (Fsp3) is 0.182. The first-order chi connectivity index (χ1) is 15.5. The van der Waals surface area contributed by atoms with Gasteiger partial charge in [-0.25, -0.2) is 9.37 Å². The van der Waals surface area contributed by atoms with Gasteiger partial charge in [0.15, 0.2) is 0 Å². The lowest BCUT2D eigenvalue weighted by Gasteiger charge is -2.18. The van der Waals surface area contributed by atoms with Crippen molar-refractivity contribution in [3.05, 3.63) is 66.9 Å². The van der Waals surface area contributed by atoms with Gasteiger partial charge in [-0.3, -0.25) is 9.48 Å². The number of hydrogen-bond donors (Lipinski definition) is 3. The number of amides is 1. The first-order valence-corrected chi connectivity index (χ1v) is 9.91. The molecule has 9 nitrogen and oxygen atoms in total. The molecule has 0 fully saturated rings. The summed E-state index contributed by atoms with van der Waals surface area (Å²) in [5, 5.41) is 12.9. The standard InChI is InChI=1S/C22H22FN7O2/c1-3-20(31)26-15-4-5-18(23)19(10-15)28-21-17(14-6-8-32-9-7-14)12-24-22(29-21)27-16-11-25-30(2)13-16/h3-6,10-13H,1,7-9H2,2H3,(H,26,31)(H2,24,27,28,29). The van der Waals surface area contributed by atoms with E-state index in [1.165, 1.54) is 18.2 Å². The van der Waals surface area contributed by atoms with E-state index >= 15 is 0 Å². The lowest BCUT2D eigenvalue weighted by atomic mass is 10.0.